The Morgan fingerprint density at radius 2 is 2.15 bits per heavy atom. The van der Waals surface area contributed by atoms with Gasteiger partial charge in [-0.3, -0.25) is 9.36 Å². The molecule has 2 aromatic heterocycles. The van der Waals surface area contributed by atoms with E-state index >= 15 is 0 Å². The van der Waals surface area contributed by atoms with E-state index in [-0.39, 0.29) is 0 Å². The highest BCUT2D eigenvalue weighted by molar-refractivity contribution is 9.10. The van der Waals surface area contributed by atoms with E-state index in [9.17, 15) is 0 Å². The molecule has 6 heteroatoms. The van der Waals surface area contributed by atoms with Gasteiger partial charge in [0.25, 0.3) is 0 Å². The maximum atomic E-state index is 4.56. The van der Waals surface area contributed by atoms with Crippen molar-refractivity contribution >= 4 is 15.9 Å². The summed E-state index contributed by atoms with van der Waals surface area (Å²) in [5, 5.41) is 12.5. The molecule has 1 aliphatic rings. The van der Waals surface area contributed by atoms with Gasteiger partial charge in [-0.05, 0) is 41.8 Å². The molecule has 0 bridgehead atoms. The molecule has 0 aliphatic heterocycles. The molecule has 1 saturated carbocycles. The van der Waals surface area contributed by atoms with Crippen molar-refractivity contribution in [3.05, 3.63) is 33.8 Å². The lowest BCUT2D eigenvalue weighted by atomic mass is 10.2. The third kappa shape index (κ3) is 2.96. The third-order valence-electron chi connectivity index (χ3n) is 3.67. The fourth-order valence-corrected chi connectivity index (χ4v) is 2.87. The number of hydrogen-bond donors (Lipinski definition) is 1. The average molecular weight is 338 g/mol. The minimum atomic E-state index is 0.746. The predicted molar refractivity (Wildman–Crippen MR) is 81.3 cm³/mol. The number of rotatable bonds is 6. The average Bonchev–Trinajstić information content (AvgIpc) is 3.11. The Labute approximate surface area is 127 Å². The number of hydrogen-bond acceptors (Lipinski definition) is 3. The Hall–Kier alpha value is -1.14. The highest BCUT2D eigenvalue weighted by Gasteiger charge is 2.27. The van der Waals surface area contributed by atoms with Crippen LogP contribution < -0.4 is 5.32 Å². The molecule has 0 saturated heterocycles. The summed E-state index contributed by atoms with van der Waals surface area (Å²) in [6, 6.07) is 2.23. The molecule has 5 nitrogen and oxygen atoms in total. The second kappa shape index (κ2) is 5.69. The lowest BCUT2D eigenvalue weighted by Gasteiger charge is -2.00. The van der Waals surface area contributed by atoms with Gasteiger partial charge in [-0.1, -0.05) is 0 Å². The molecule has 1 aliphatic carbocycles. The molecule has 1 fully saturated rings. The van der Waals surface area contributed by atoms with Crippen molar-refractivity contribution in [2.24, 2.45) is 7.05 Å². The van der Waals surface area contributed by atoms with Crippen LogP contribution in [-0.4, -0.2) is 19.6 Å². The van der Waals surface area contributed by atoms with Gasteiger partial charge < -0.3 is 5.32 Å². The molecule has 2 heterocycles. The maximum Gasteiger partial charge on any atom is 0.0904 e. The fourth-order valence-electron chi connectivity index (χ4n) is 2.42. The number of halogens is 1. The summed E-state index contributed by atoms with van der Waals surface area (Å²) in [6.07, 6.45) is 4.64. The first kappa shape index (κ1) is 13.8. The SMILES string of the molecule is CCn1cc(Br)c(CNCc2cc(C3CC3)n(C)n2)n1. The molecule has 0 amide bonds. The van der Waals surface area contributed by atoms with Crippen LogP contribution in [0, 0.1) is 0 Å². The molecule has 3 rings (SSSR count). The van der Waals surface area contributed by atoms with Gasteiger partial charge >= 0.3 is 0 Å². The molecule has 20 heavy (non-hydrogen) atoms. The second-order valence-corrected chi connectivity index (χ2v) is 6.20. The Kier molecular flexibility index (Phi) is 3.94. The number of aryl methyl sites for hydroxylation is 2. The summed E-state index contributed by atoms with van der Waals surface area (Å²) in [7, 11) is 2.04. The quantitative estimate of drug-likeness (QED) is 0.881. The topological polar surface area (TPSA) is 47.7 Å². The van der Waals surface area contributed by atoms with Crippen molar-refractivity contribution in [3.8, 4) is 0 Å². The number of nitrogens with one attached hydrogen (secondary N) is 1. The van der Waals surface area contributed by atoms with Gasteiger partial charge in [0.15, 0.2) is 0 Å². The van der Waals surface area contributed by atoms with Crippen LogP contribution >= 0.6 is 15.9 Å². The third-order valence-corrected chi connectivity index (χ3v) is 4.33. The van der Waals surface area contributed by atoms with E-state index in [0.717, 1.165) is 41.4 Å². The Bertz CT molecular complexity index is 597. The highest BCUT2D eigenvalue weighted by atomic mass is 79.9. The summed E-state index contributed by atoms with van der Waals surface area (Å²) >= 11 is 3.54. The van der Waals surface area contributed by atoms with E-state index in [2.05, 4.69) is 44.4 Å². The van der Waals surface area contributed by atoms with Crippen molar-refractivity contribution in [1.82, 2.24) is 24.9 Å². The largest absolute Gasteiger partial charge is 0.305 e. The summed E-state index contributed by atoms with van der Waals surface area (Å²) in [4.78, 5) is 0. The first-order valence-corrected chi connectivity index (χ1v) is 7.92. The molecule has 2 aromatic rings. The van der Waals surface area contributed by atoms with Gasteiger partial charge in [0.2, 0.25) is 0 Å². The summed E-state index contributed by atoms with van der Waals surface area (Å²) in [5.41, 5.74) is 3.53. The monoisotopic (exact) mass is 337 g/mol. The molecule has 0 radical (unpaired) electrons. The number of aromatic nitrogens is 4. The molecular formula is C14H20BrN5. The minimum Gasteiger partial charge on any atom is -0.305 e. The van der Waals surface area contributed by atoms with Crippen LogP contribution in [0.1, 0.15) is 42.8 Å². The Balaban J connectivity index is 1.56. The smallest absolute Gasteiger partial charge is 0.0904 e. The summed E-state index contributed by atoms with van der Waals surface area (Å²) in [6.45, 7) is 4.52. The van der Waals surface area contributed by atoms with Crippen LogP contribution in [0.25, 0.3) is 0 Å². The number of nitrogens with zero attached hydrogens (tertiary/aromatic N) is 4. The van der Waals surface area contributed by atoms with Crippen molar-refractivity contribution in [2.45, 2.75) is 45.3 Å². The van der Waals surface area contributed by atoms with E-state index in [4.69, 9.17) is 0 Å². The minimum absolute atomic E-state index is 0.746. The van der Waals surface area contributed by atoms with Gasteiger partial charge in [-0.25, -0.2) is 0 Å². The molecular weight excluding hydrogens is 318 g/mol. The lowest BCUT2D eigenvalue weighted by molar-refractivity contribution is 0.609. The van der Waals surface area contributed by atoms with Crippen LogP contribution in [0.5, 0.6) is 0 Å². The normalized spacial score (nSPS) is 14.9. The first-order valence-electron chi connectivity index (χ1n) is 7.12. The fraction of sp³-hybridized carbons (Fsp3) is 0.571. The predicted octanol–water partition coefficient (Wildman–Crippen LogP) is 2.57. The standard InChI is InChI=1S/C14H20BrN5/c1-3-20-9-12(15)13(18-20)8-16-7-11-6-14(10-4-5-10)19(2)17-11/h6,9-10,16H,3-5,7-8H2,1-2H3. The van der Waals surface area contributed by atoms with Gasteiger partial charge in [-0.2, -0.15) is 10.2 Å². The Morgan fingerprint density at radius 1 is 1.35 bits per heavy atom. The van der Waals surface area contributed by atoms with Crippen LogP contribution in [0.4, 0.5) is 0 Å². The highest BCUT2D eigenvalue weighted by Crippen LogP contribution is 2.39. The van der Waals surface area contributed by atoms with Crippen LogP contribution in [-0.2, 0) is 26.7 Å². The maximum absolute atomic E-state index is 4.56. The van der Waals surface area contributed by atoms with E-state index in [1.807, 2.05) is 22.6 Å². The summed E-state index contributed by atoms with van der Waals surface area (Å²) < 4.78 is 5.02. The first-order chi connectivity index (χ1) is 9.67. The summed E-state index contributed by atoms with van der Waals surface area (Å²) in [5.74, 6) is 0.746. The van der Waals surface area contributed by atoms with Gasteiger partial charge in [0, 0.05) is 44.5 Å². The second-order valence-electron chi connectivity index (χ2n) is 5.34. The van der Waals surface area contributed by atoms with E-state index in [1.54, 1.807) is 0 Å². The zero-order valence-electron chi connectivity index (χ0n) is 11.9. The molecule has 0 aromatic carbocycles. The molecule has 0 unspecified atom stereocenters. The van der Waals surface area contributed by atoms with Crippen molar-refractivity contribution < 1.29 is 0 Å². The lowest BCUT2D eigenvalue weighted by Crippen LogP contribution is -2.14. The molecule has 0 atom stereocenters. The van der Waals surface area contributed by atoms with Gasteiger partial charge in [0.05, 0.1) is 15.9 Å². The molecule has 0 spiro atoms. The van der Waals surface area contributed by atoms with Gasteiger partial charge in [0.1, 0.15) is 0 Å². The van der Waals surface area contributed by atoms with Crippen molar-refractivity contribution in [2.75, 3.05) is 0 Å². The molecule has 1 N–H and O–H groups in total. The van der Waals surface area contributed by atoms with E-state index < -0.39 is 0 Å². The van der Waals surface area contributed by atoms with E-state index in [0.29, 0.717) is 0 Å². The Morgan fingerprint density at radius 3 is 2.80 bits per heavy atom. The van der Waals surface area contributed by atoms with Crippen LogP contribution in [0.3, 0.4) is 0 Å². The van der Waals surface area contributed by atoms with Crippen molar-refractivity contribution in [1.29, 1.82) is 0 Å². The van der Waals surface area contributed by atoms with Crippen LogP contribution in [0.2, 0.25) is 0 Å². The zero-order valence-corrected chi connectivity index (χ0v) is 13.5. The molecule has 108 valence electrons. The van der Waals surface area contributed by atoms with Crippen LogP contribution in [0.15, 0.2) is 16.7 Å². The van der Waals surface area contributed by atoms with Gasteiger partial charge in [-0.15, -0.1) is 0 Å². The van der Waals surface area contributed by atoms with Crippen molar-refractivity contribution in [3.63, 3.8) is 0 Å². The van der Waals surface area contributed by atoms with E-state index in [1.165, 1.54) is 18.5 Å². The zero-order chi connectivity index (χ0) is 14.1.